The van der Waals surface area contributed by atoms with Gasteiger partial charge >= 0.3 is 0 Å². The Bertz CT molecular complexity index is 2890. The molecule has 2 aliphatic carbocycles. The van der Waals surface area contributed by atoms with Crippen LogP contribution in [0.15, 0.2) is 85.5 Å². The lowest BCUT2D eigenvalue weighted by Crippen LogP contribution is -2.21. The van der Waals surface area contributed by atoms with Crippen LogP contribution in [0.2, 0.25) is 0 Å². The van der Waals surface area contributed by atoms with Gasteiger partial charge in [0, 0.05) is 45.3 Å². The zero-order valence-electron chi connectivity index (χ0n) is 32.5. The van der Waals surface area contributed by atoms with E-state index in [0.29, 0.717) is 35.9 Å². The van der Waals surface area contributed by atoms with E-state index in [1.807, 2.05) is 38.1 Å². The van der Waals surface area contributed by atoms with Gasteiger partial charge in [-0.05, 0) is 132 Å². The third-order valence-corrected chi connectivity index (χ3v) is 11.4. The van der Waals surface area contributed by atoms with Crippen LogP contribution in [0.4, 0.5) is 23.0 Å². The van der Waals surface area contributed by atoms with Crippen molar-refractivity contribution < 1.29 is 19.2 Å². The van der Waals surface area contributed by atoms with Crippen molar-refractivity contribution in [2.45, 2.75) is 26.7 Å². The molecule has 16 nitrogen and oxygen atoms in total. The minimum Gasteiger partial charge on any atom is -0.398 e. The number of carbonyl (C=O) groups excluding carboxylic acids is 4. The number of aromatic nitrogens is 6. The number of nitrogen functional groups attached to an aromatic ring is 2. The van der Waals surface area contributed by atoms with Crippen molar-refractivity contribution in [3.8, 4) is 22.3 Å². The first kappa shape index (κ1) is 37.7. The summed E-state index contributed by atoms with van der Waals surface area (Å²) in [5.74, 6) is -2.04. The van der Waals surface area contributed by atoms with Crippen LogP contribution in [0.1, 0.15) is 24.0 Å². The quantitative estimate of drug-likeness (QED) is 0.0899. The van der Waals surface area contributed by atoms with Crippen molar-refractivity contribution in [3.63, 3.8) is 0 Å². The standard InChI is InChI=1S/2C22H20N6O2/c2*1-10-2-19-13(8-26-28-19)4-14(10)11-3-12-6-20(25-9-17(12)18(23)5-11)27-22(30)16-7-15(16)21(24)29/h2*2-6,8-9,15-16H,7,23H2,1H3,(H2,24,29)(H,26,28)(H,25,27,30)/t2*15-,16-/m10/s1. The third-order valence-electron chi connectivity index (χ3n) is 11.4. The van der Waals surface area contributed by atoms with Gasteiger partial charge in [0.25, 0.3) is 0 Å². The molecule has 300 valence electrons. The van der Waals surface area contributed by atoms with Gasteiger partial charge in [-0.2, -0.15) is 10.2 Å². The van der Waals surface area contributed by atoms with Crippen molar-refractivity contribution in [3.05, 3.63) is 96.6 Å². The number of fused-ring (bicyclic) bond motifs is 4. The highest BCUT2D eigenvalue weighted by molar-refractivity contribution is 6.04. The molecule has 10 rings (SSSR count). The number of aromatic amines is 2. The van der Waals surface area contributed by atoms with Gasteiger partial charge in [-0.25, -0.2) is 9.97 Å². The maximum absolute atomic E-state index is 12.3. The predicted octanol–water partition coefficient (Wildman–Crippen LogP) is 5.46. The average molecular weight is 801 g/mol. The molecule has 2 saturated carbocycles. The van der Waals surface area contributed by atoms with E-state index in [1.165, 1.54) is 0 Å². The molecule has 12 N–H and O–H groups in total. The second-order valence-corrected chi connectivity index (χ2v) is 15.6. The summed E-state index contributed by atoms with van der Waals surface area (Å²) in [6.07, 6.45) is 7.85. The molecular formula is C44H40N12O4. The van der Waals surface area contributed by atoms with Crippen LogP contribution in [-0.2, 0) is 19.2 Å². The van der Waals surface area contributed by atoms with Crippen molar-refractivity contribution in [1.29, 1.82) is 0 Å². The number of carbonyl (C=O) groups is 4. The number of primary amides is 2. The van der Waals surface area contributed by atoms with Crippen LogP contribution in [0, 0.1) is 37.5 Å². The summed E-state index contributed by atoms with van der Waals surface area (Å²) < 4.78 is 0. The Morgan fingerprint density at radius 3 is 1.35 bits per heavy atom. The molecule has 0 saturated heterocycles. The van der Waals surface area contributed by atoms with Crippen LogP contribution in [0.3, 0.4) is 0 Å². The molecule has 2 aliphatic rings. The van der Waals surface area contributed by atoms with E-state index in [2.05, 4.69) is 65.3 Å². The van der Waals surface area contributed by atoms with E-state index in [9.17, 15) is 19.2 Å². The summed E-state index contributed by atoms with van der Waals surface area (Å²) in [6, 6.07) is 19.8. The number of nitrogens with zero attached hydrogens (tertiary/aromatic N) is 4. The normalized spacial score (nSPS) is 17.9. The fraction of sp³-hybridized carbons (Fsp3) is 0.182. The van der Waals surface area contributed by atoms with Gasteiger partial charge in [0.2, 0.25) is 23.6 Å². The van der Waals surface area contributed by atoms with Gasteiger partial charge < -0.3 is 33.6 Å². The summed E-state index contributed by atoms with van der Waals surface area (Å²) >= 11 is 0. The SMILES string of the molecule is Cc1cc2[nH]ncc2cc1-c1cc(N)c2cnc(NC(=O)[C@@H]3C[C@H]3C(N)=O)cc2c1.Cc1cc2[nH]ncc2cc1-c1cc(N)c2cnc(NC(=O)[C@H]3C[C@@H]3C(N)=O)cc2c1. The van der Waals surface area contributed by atoms with Crippen molar-refractivity contribution in [2.75, 3.05) is 22.1 Å². The van der Waals surface area contributed by atoms with Crippen LogP contribution in [0.5, 0.6) is 0 Å². The number of hydrogen-bond donors (Lipinski definition) is 8. The van der Waals surface area contributed by atoms with Crippen LogP contribution < -0.4 is 33.6 Å². The second-order valence-electron chi connectivity index (χ2n) is 15.6. The maximum atomic E-state index is 12.3. The van der Waals surface area contributed by atoms with Crippen LogP contribution in [0.25, 0.3) is 65.6 Å². The number of pyridine rings is 2. The summed E-state index contributed by atoms with van der Waals surface area (Å²) in [7, 11) is 0. The van der Waals surface area contributed by atoms with Gasteiger partial charge in [-0.1, -0.05) is 0 Å². The first-order valence-electron chi connectivity index (χ1n) is 19.3. The first-order valence-corrected chi connectivity index (χ1v) is 19.3. The molecule has 4 aromatic carbocycles. The molecular weight excluding hydrogens is 761 g/mol. The molecule has 0 unspecified atom stereocenters. The molecule has 0 bridgehead atoms. The van der Waals surface area contributed by atoms with Crippen molar-refractivity contribution >= 4 is 90.0 Å². The topological polar surface area (TPSA) is 280 Å². The molecule has 16 heteroatoms. The van der Waals surface area contributed by atoms with E-state index >= 15 is 0 Å². The summed E-state index contributed by atoms with van der Waals surface area (Å²) in [6.45, 7) is 4.08. The second kappa shape index (κ2) is 14.5. The molecule has 8 aromatic rings. The minimum atomic E-state index is -0.441. The minimum absolute atomic E-state index is 0.240. The van der Waals surface area contributed by atoms with Crippen LogP contribution >= 0.6 is 0 Å². The highest BCUT2D eigenvalue weighted by Crippen LogP contribution is 2.41. The Kier molecular flexibility index (Phi) is 9.10. The Labute approximate surface area is 341 Å². The molecule has 4 aromatic heterocycles. The predicted molar refractivity (Wildman–Crippen MR) is 231 cm³/mol. The molecule has 0 spiro atoms. The fourth-order valence-electron chi connectivity index (χ4n) is 7.88. The number of nitrogens with one attached hydrogen (secondary N) is 4. The smallest absolute Gasteiger partial charge is 0.229 e. The molecule has 4 atom stereocenters. The van der Waals surface area contributed by atoms with Gasteiger partial charge in [-0.3, -0.25) is 29.4 Å². The fourth-order valence-corrected chi connectivity index (χ4v) is 7.88. The van der Waals surface area contributed by atoms with Crippen LogP contribution in [-0.4, -0.2) is 54.0 Å². The monoisotopic (exact) mass is 800 g/mol. The number of nitrogens with two attached hydrogens (primary N) is 4. The lowest BCUT2D eigenvalue weighted by atomic mass is 9.96. The Balaban J connectivity index is 0.000000154. The lowest BCUT2D eigenvalue weighted by Gasteiger charge is -2.11. The molecule has 2 fully saturated rings. The van der Waals surface area contributed by atoms with Gasteiger partial charge in [-0.15, -0.1) is 0 Å². The largest absolute Gasteiger partial charge is 0.398 e. The maximum Gasteiger partial charge on any atom is 0.229 e. The van der Waals surface area contributed by atoms with E-state index in [0.717, 1.165) is 76.7 Å². The van der Waals surface area contributed by atoms with E-state index in [1.54, 1.807) is 36.9 Å². The highest BCUT2D eigenvalue weighted by Gasteiger charge is 2.47. The number of amides is 4. The molecule has 4 heterocycles. The van der Waals surface area contributed by atoms with E-state index < -0.39 is 11.8 Å². The Morgan fingerprint density at radius 2 is 0.967 bits per heavy atom. The van der Waals surface area contributed by atoms with Crippen molar-refractivity contribution in [2.24, 2.45) is 35.1 Å². The van der Waals surface area contributed by atoms with Gasteiger partial charge in [0.05, 0.1) is 47.1 Å². The molecule has 4 amide bonds. The highest BCUT2D eigenvalue weighted by atomic mass is 16.2. The number of benzene rings is 4. The number of aryl methyl sites for hydroxylation is 2. The third kappa shape index (κ3) is 7.14. The zero-order valence-corrected chi connectivity index (χ0v) is 32.5. The summed E-state index contributed by atoms with van der Waals surface area (Å²) in [5, 5.41) is 25.1. The summed E-state index contributed by atoms with van der Waals surface area (Å²) in [4.78, 5) is 55.7. The lowest BCUT2D eigenvalue weighted by molar-refractivity contribution is -0.123. The molecule has 0 radical (unpaired) electrons. The average Bonchev–Trinajstić information content (AvgIpc) is 4.11. The summed E-state index contributed by atoms with van der Waals surface area (Å²) in [5.41, 5.74) is 32.6. The van der Waals surface area contributed by atoms with E-state index in [-0.39, 0.29) is 35.5 Å². The number of hydrogen-bond acceptors (Lipinski definition) is 10. The molecule has 0 aliphatic heterocycles. The zero-order chi connectivity index (χ0) is 42.0. The Morgan fingerprint density at radius 1 is 0.550 bits per heavy atom. The number of anilines is 4. The first-order chi connectivity index (χ1) is 28.8. The molecule has 60 heavy (non-hydrogen) atoms. The van der Waals surface area contributed by atoms with Crippen molar-refractivity contribution in [1.82, 2.24) is 30.4 Å². The van der Waals surface area contributed by atoms with Gasteiger partial charge in [0.1, 0.15) is 11.6 Å². The van der Waals surface area contributed by atoms with Gasteiger partial charge in [0.15, 0.2) is 0 Å². The Hall–Kier alpha value is -7.88. The number of rotatable bonds is 8. The number of H-pyrrole nitrogens is 2. The van der Waals surface area contributed by atoms with E-state index in [4.69, 9.17) is 22.9 Å².